The highest BCUT2D eigenvalue weighted by atomic mass is 19.4. The van der Waals surface area contributed by atoms with Gasteiger partial charge in [0.15, 0.2) is 0 Å². The minimum absolute atomic E-state index is 0.337. The van der Waals surface area contributed by atoms with Crippen LogP contribution >= 0.6 is 0 Å². The number of halogens is 3. The van der Waals surface area contributed by atoms with Crippen LogP contribution < -0.4 is 4.90 Å². The average Bonchev–Trinajstić information content (AvgIpc) is 3.37. The predicted molar refractivity (Wildman–Crippen MR) is 131 cm³/mol. The third-order valence-electron chi connectivity index (χ3n) is 7.54. The van der Waals surface area contributed by atoms with E-state index in [9.17, 15) is 13.2 Å². The Morgan fingerprint density at radius 1 is 1.00 bits per heavy atom. The van der Waals surface area contributed by atoms with Crippen molar-refractivity contribution in [3.8, 4) is 0 Å². The summed E-state index contributed by atoms with van der Waals surface area (Å²) in [6.07, 6.45) is -4.30. The zero-order chi connectivity index (χ0) is 24.8. The van der Waals surface area contributed by atoms with Gasteiger partial charge in [-0.05, 0) is 41.3 Å². The monoisotopic (exact) mass is 486 g/mol. The smallest absolute Gasteiger partial charge is 0.375 e. The zero-order valence-corrected chi connectivity index (χ0v) is 20.4. The summed E-state index contributed by atoms with van der Waals surface area (Å²) in [5.74, 6) is 1.43. The van der Waals surface area contributed by atoms with E-state index < -0.39 is 11.7 Å². The van der Waals surface area contributed by atoms with E-state index in [1.54, 1.807) is 12.1 Å². The van der Waals surface area contributed by atoms with Crippen LogP contribution in [0, 0.1) is 17.8 Å². The van der Waals surface area contributed by atoms with E-state index in [4.69, 9.17) is 9.47 Å². The Morgan fingerprint density at radius 3 is 2.09 bits per heavy atom. The lowest BCUT2D eigenvalue weighted by Crippen LogP contribution is -2.49. The van der Waals surface area contributed by atoms with Crippen LogP contribution in [0.4, 0.5) is 18.9 Å². The molecule has 0 radical (unpaired) electrons. The number of benzene rings is 2. The molecular weight excluding hydrogens is 453 g/mol. The molecule has 5 rings (SSSR count). The first-order chi connectivity index (χ1) is 16.6. The van der Waals surface area contributed by atoms with Gasteiger partial charge in [0.2, 0.25) is 0 Å². The molecule has 188 valence electrons. The summed E-state index contributed by atoms with van der Waals surface area (Å²) in [6.45, 7) is 14.1. The molecule has 0 N–H and O–H groups in total. The predicted octanol–water partition coefficient (Wildman–Crippen LogP) is 5.64. The van der Waals surface area contributed by atoms with Crippen LogP contribution in [0.25, 0.3) is 5.70 Å². The molecule has 4 nitrogen and oxygen atoms in total. The fourth-order valence-corrected chi connectivity index (χ4v) is 5.38. The number of fused-ring (bicyclic) bond motifs is 1. The van der Waals surface area contributed by atoms with Crippen LogP contribution in [-0.4, -0.2) is 50.9 Å². The summed E-state index contributed by atoms with van der Waals surface area (Å²) < 4.78 is 50.3. The maximum Gasteiger partial charge on any atom is 0.416 e. The minimum atomic E-state index is -4.30. The SMILES string of the molecule is C=C(c1ccc(C2(OCC(C)C)COC2)cc1)N1CC2CN(c3ccc(C(F)(F)F)cc3)CC2C1. The summed E-state index contributed by atoms with van der Waals surface area (Å²) in [5, 5.41) is 0. The molecular formula is C28H33F3N2O2. The lowest BCUT2D eigenvalue weighted by atomic mass is 9.90. The number of likely N-dealkylation sites (tertiary alicyclic amines) is 1. The number of ether oxygens (including phenoxy) is 2. The molecule has 0 amide bonds. The highest BCUT2D eigenvalue weighted by Crippen LogP contribution is 2.39. The standard InChI is InChI=1S/C28H33F3N2O2/c1-19(2)16-35-27(17-34-18-27)24-6-4-21(5-7-24)20(3)32-12-22-14-33(15-23(22)13-32)26-10-8-25(9-11-26)28(29,30)31/h4-11,19,22-23H,3,12-18H2,1-2H3. The van der Waals surface area contributed by atoms with Gasteiger partial charge >= 0.3 is 6.18 Å². The Hall–Kier alpha value is -2.51. The van der Waals surface area contributed by atoms with Gasteiger partial charge in [-0.2, -0.15) is 13.2 Å². The maximum absolute atomic E-state index is 12.9. The summed E-state index contributed by atoms with van der Waals surface area (Å²) in [6, 6.07) is 14.0. The van der Waals surface area contributed by atoms with E-state index in [1.807, 2.05) is 0 Å². The first-order valence-electron chi connectivity index (χ1n) is 12.3. The van der Waals surface area contributed by atoms with Gasteiger partial charge in [-0.1, -0.05) is 44.7 Å². The molecule has 0 bridgehead atoms. The molecule has 0 spiro atoms. The fraction of sp³-hybridized carbons (Fsp3) is 0.500. The Kier molecular flexibility index (Phi) is 6.34. The Labute approximate surface area is 205 Å². The maximum atomic E-state index is 12.9. The first kappa shape index (κ1) is 24.2. The number of nitrogens with zero attached hydrogens (tertiary/aromatic N) is 2. The summed E-state index contributed by atoms with van der Waals surface area (Å²) >= 11 is 0. The van der Waals surface area contributed by atoms with Crippen LogP contribution in [0.1, 0.15) is 30.5 Å². The molecule has 0 aromatic heterocycles. The highest BCUT2D eigenvalue weighted by Gasteiger charge is 2.43. The topological polar surface area (TPSA) is 24.9 Å². The van der Waals surface area contributed by atoms with Crippen molar-refractivity contribution < 1.29 is 22.6 Å². The van der Waals surface area contributed by atoms with Gasteiger partial charge in [-0.3, -0.25) is 0 Å². The second kappa shape index (κ2) is 9.17. The van der Waals surface area contributed by atoms with Crippen molar-refractivity contribution in [1.29, 1.82) is 0 Å². The molecule has 3 saturated heterocycles. The second-order valence-electron chi connectivity index (χ2n) is 10.6. The molecule has 0 saturated carbocycles. The molecule has 35 heavy (non-hydrogen) atoms. The van der Waals surface area contributed by atoms with Crippen molar-refractivity contribution >= 4 is 11.4 Å². The van der Waals surface area contributed by atoms with E-state index in [1.165, 1.54) is 12.1 Å². The van der Waals surface area contributed by atoms with Gasteiger partial charge in [-0.25, -0.2) is 0 Å². The molecule has 3 aliphatic heterocycles. The highest BCUT2D eigenvalue weighted by molar-refractivity contribution is 5.63. The van der Waals surface area contributed by atoms with E-state index in [0.717, 1.165) is 48.7 Å². The van der Waals surface area contributed by atoms with E-state index in [-0.39, 0.29) is 5.60 Å². The zero-order valence-electron chi connectivity index (χ0n) is 20.4. The number of rotatable bonds is 7. The van der Waals surface area contributed by atoms with Crippen LogP contribution in [-0.2, 0) is 21.3 Å². The van der Waals surface area contributed by atoms with Crippen LogP contribution in [0.15, 0.2) is 55.1 Å². The molecule has 2 aromatic rings. The van der Waals surface area contributed by atoms with Crippen molar-refractivity contribution in [2.45, 2.75) is 25.6 Å². The molecule has 3 aliphatic rings. The van der Waals surface area contributed by atoms with Gasteiger partial charge < -0.3 is 19.3 Å². The number of hydrogen-bond donors (Lipinski definition) is 0. The second-order valence-corrected chi connectivity index (χ2v) is 10.6. The molecule has 2 aromatic carbocycles. The molecule has 3 fully saturated rings. The average molecular weight is 487 g/mol. The summed E-state index contributed by atoms with van der Waals surface area (Å²) in [4.78, 5) is 4.56. The fourth-order valence-electron chi connectivity index (χ4n) is 5.38. The summed E-state index contributed by atoms with van der Waals surface area (Å²) in [7, 11) is 0. The van der Waals surface area contributed by atoms with Crippen molar-refractivity contribution in [1.82, 2.24) is 4.90 Å². The Balaban J connectivity index is 1.19. The van der Waals surface area contributed by atoms with Gasteiger partial charge in [0, 0.05) is 49.4 Å². The quantitative estimate of drug-likeness (QED) is 0.506. The van der Waals surface area contributed by atoms with E-state index in [2.05, 4.69) is 54.5 Å². The minimum Gasteiger partial charge on any atom is -0.375 e. The number of hydrogen-bond acceptors (Lipinski definition) is 4. The van der Waals surface area contributed by atoms with Gasteiger partial charge in [-0.15, -0.1) is 0 Å². The van der Waals surface area contributed by atoms with Crippen molar-refractivity contribution in [2.24, 2.45) is 17.8 Å². The van der Waals surface area contributed by atoms with Gasteiger partial charge in [0.25, 0.3) is 0 Å². The van der Waals surface area contributed by atoms with Crippen molar-refractivity contribution in [2.75, 3.05) is 50.9 Å². The molecule has 3 heterocycles. The largest absolute Gasteiger partial charge is 0.416 e. The lowest BCUT2D eigenvalue weighted by molar-refractivity contribution is -0.220. The third kappa shape index (κ3) is 4.81. The van der Waals surface area contributed by atoms with E-state index in [0.29, 0.717) is 37.6 Å². The van der Waals surface area contributed by atoms with Crippen LogP contribution in [0.5, 0.6) is 0 Å². The number of alkyl halides is 3. The Morgan fingerprint density at radius 2 is 1.60 bits per heavy atom. The molecule has 2 atom stereocenters. The van der Waals surface area contributed by atoms with Crippen molar-refractivity contribution in [3.63, 3.8) is 0 Å². The number of anilines is 1. The Bertz CT molecular complexity index is 1030. The normalized spacial score (nSPS) is 23.5. The van der Waals surface area contributed by atoms with Crippen molar-refractivity contribution in [3.05, 3.63) is 71.8 Å². The van der Waals surface area contributed by atoms with E-state index >= 15 is 0 Å². The lowest BCUT2D eigenvalue weighted by Gasteiger charge is -2.42. The first-order valence-corrected chi connectivity index (χ1v) is 12.3. The van der Waals surface area contributed by atoms with Gasteiger partial charge in [0.1, 0.15) is 5.60 Å². The van der Waals surface area contributed by atoms with Gasteiger partial charge in [0.05, 0.1) is 25.4 Å². The molecule has 2 unspecified atom stereocenters. The van der Waals surface area contributed by atoms with Crippen LogP contribution in [0.2, 0.25) is 0 Å². The molecule has 7 heteroatoms. The third-order valence-corrected chi connectivity index (χ3v) is 7.54. The molecule has 0 aliphatic carbocycles. The van der Waals surface area contributed by atoms with Crippen LogP contribution in [0.3, 0.4) is 0 Å². The summed E-state index contributed by atoms with van der Waals surface area (Å²) in [5.41, 5.74) is 3.20.